The van der Waals surface area contributed by atoms with Crippen molar-refractivity contribution in [3.8, 4) is 0 Å². The molecule has 1 aliphatic heterocycles. The summed E-state index contributed by atoms with van der Waals surface area (Å²) in [4.78, 5) is 0.182. The Morgan fingerprint density at radius 3 is 2.44 bits per heavy atom. The van der Waals surface area contributed by atoms with E-state index < -0.39 is 31.4 Å². The number of benzene rings is 1. The highest BCUT2D eigenvalue weighted by molar-refractivity contribution is 7.92. The zero-order valence-corrected chi connectivity index (χ0v) is 10.6. The molecular formula is C10H9F3O3S2. The highest BCUT2D eigenvalue weighted by atomic mass is 32.2. The molecule has 0 spiro atoms. The number of halogens is 3. The van der Waals surface area contributed by atoms with Crippen molar-refractivity contribution < 1.29 is 25.8 Å². The van der Waals surface area contributed by atoms with Crippen molar-refractivity contribution in [3.63, 3.8) is 0 Å². The van der Waals surface area contributed by atoms with E-state index in [1.165, 1.54) is 24.3 Å². The van der Waals surface area contributed by atoms with Crippen LogP contribution in [0.4, 0.5) is 13.2 Å². The molecule has 0 saturated heterocycles. The van der Waals surface area contributed by atoms with Gasteiger partial charge < -0.3 is 0 Å². The average Bonchev–Trinajstić information content (AvgIpc) is 2.28. The Bertz CT molecular complexity index is 593. The van der Waals surface area contributed by atoms with Gasteiger partial charge in [-0.2, -0.15) is 13.2 Å². The molecule has 0 amide bonds. The van der Waals surface area contributed by atoms with Gasteiger partial charge in [0.15, 0.2) is 0 Å². The van der Waals surface area contributed by atoms with E-state index in [1.54, 1.807) is 0 Å². The third-order valence-electron chi connectivity index (χ3n) is 2.77. The summed E-state index contributed by atoms with van der Waals surface area (Å²) in [6.07, 6.45) is -0.272. The van der Waals surface area contributed by atoms with E-state index in [0.717, 1.165) is 0 Å². The summed E-state index contributed by atoms with van der Waals surface area (Å²) in [7, 11) is -6.70. The van der Waals surface area contributed by atoms with Crippen LogP contribution < -0.4 is 0 Å². The maximum absolute atomic E-state index is 12.5. The molecule has 0 fully saturated rings. The minimum atomic E-state index is -5.29. The Kier molecular flexibility index (Phi) is 3.26. The first-order valence-corrected chi connectivity index (χ1v) is 7.89. The number of alkyl halides is 3. The molecule has 100 valence electrons. The van der Waals surface area contributed by atoms with E-state index in [-0.39, 0.29) is 22.6 Å². The Balaban J connectivity index is 2.57. The molecule has 3 nitrogen and oxygen atoms in total. The van der Waals surface area contributed by atoms with Crippen molar-refractivity contribution in [2.24, 2.45) is 0 Å². The fourth-order valence-electron chi connectivity index (χ4n) is 1.92. The number of hydrogen-bond donors (Lipinski definition) is 0. The van der Waals surface area contributed by atoms with Gasteiger partial charge >= 0.3 is 5.51 Å². The first-order valence-electron chi connectivity index (χ1n) is 5.02. The van der Waals surface area contributed by atoms with Crippen LogP contribution in [0, 0.1) is 0 Å². The predicted molar refractivity (Wildman–Crippen MR) is 60.1 cm³/mol. The van der Waals surface area contributed by atoms with Gasteiger partial charge in [0.1, 0.15) is 0 Å². The van der Waals surface area contributed by atoms with Gasteiger partial charge in [-0.3, -0.25) is 4.21 Å². The maximum atomic E-state index is 12.5. The van der Waals surface area contributed by atoms with Crippen LogP contribution in [0.2, 0.25) is 0 Å². The van der Waals surface area contributed by atoms with E-state index in [2.05, 4.69) is 0 Å². The third-order valence-corrected chi connectivity index (χ3v) is 6.13. The van der Waals surface area contributed by atoms with Gasteiger partial charge in [0.2, 0.25) is 0 Å². The van der Waals surface area contributed by atoms with Crippen molar-refractivity contribution in [2.45, 2.75) is 22.1 Å². The van der Waals surface area contributed by atoms with Gasteiger partial charge in [0, 0.05) is 10.6 Å². The Morgan fingerprint density at radius 1 is 1.22 bits per heavy atom. The largest absolute Gasteiger partial charge is 0.498 e. The molecule has 1 aromatic rings. The van der Waals surface area contributed by atoms with Crippen LogP contribution in [0.5, 0.6) is 0 Å². The summed E-state index contributed by atoms with van der Waals surface area (Å²) >= 11 is 0. The molecule has 18 heavy (non-hydrogen) atoms. The van der Waals surface area contributed by atoms with Gasteiger partial charge in [0.05, 0.1) is 16.0 Å². The first-order chi connectivity index (χ1) is 8.25. The van der Waals surface area contributed by atoms with Gasteiger partial charge in [-0.05, 0) is 18.1 Å². The second-order valence-electron chi connectivity index (χ2n) is 3.86. The van der Waals surface area contributed by atoms with Gasteiger partial charge in [0.25, 0.3) is 9.84 Å². The van der Waals surface area contributed by atoms with Crippen LogP contribution >= 0.6 is 0 Å². The van der Waals surface area contributed by atoms with Crippen LogP contribution in [-0.2, 0) is 20.6 Å². The molecule has 0 N–H and O–H groups in total. The number of fused-ring (bicyclic) bond motifs is 1. The molecule has 0 bridgehead atoms. The molecule has 0 aromatic heterocycles. The van der Waals surface area contributed by atoms with Gasteiger partial charge in [-0.25, -0.2) is 8.42 Å². The molecule has 2 unspecified atom stereocenters. The van der Waals surface area contributed by atoms with E-state index in [4.69, 9.17) is 0 Å². The van der Waals surface area contributed by atoms with E-state index in [1.807, 2.05) is 0 Å². The Labute approximate surface area is 104 Å². The lowest BCUT2D eigenvalue weighted by molar-refractivity contribution is -0.0446. The molecule has 0 saturated carbocycles. The highest BCUT2D eigenvalue weighted by Crippen LogP contribution is 2.42. The summed E-state index contributed by atoms with van der Waals surface area (Å²) in [5.74, 6) is -0.0724. The van der Waals surface area contributed by atoms with Crippen LogP contribution in [0.1, 0.15) is 17.2 Å². The smallest absolute Gasteiger partial charge is 0.254 e. The van der Waals surface area contributed by atoms with Crippen molar-refractivity contribution in [2.75, 3.05) is 5.75 Å². The molecule has 8 heteroatoms. The van der Waals surface area contributed by atoms with Crippen LogP contribution in [0.25, 0.3) is 0 Å². The topological polar surface area (TPSA) is 51.2 Å². The Morgan fingerprint density at radius 2 is 1.83 bits per heavy atom. The van der Waals surface area contributed by atoms with E-state index in [9.17, 15) is 25.8 Å². The molecule has 0 radical (unpaired) electrons. The first kappa shape index (κ1) is 13.5. The molecule has 1 aliphatic rings. The molecule has 2 atom stereocenters. The number of hydrogen-bond acceptors (Lipinski definition) is 3. The van der Waals surface area contributed by atoms with Crippen LogP contribution in [0.15, 0.2) is 29.2 Å². The summed E-state index contributed by atoms with van der Waals surface area (Å²) in [6, 6.07) is 5.67. The SMILES string of the molecule is O=S1CCC(S(=O)(=O)C(F)(F)F)c2ccccc21. The van der Waals surface area contributed by atoms with Crippen molar-refractivity contribution in [1.29, 1.82) is 0 Å². The van der Waals surface area contributed by atoms with Gasteiger partial charge in [-0.15, -0.1) is 0 Å². The molecule has 1 aromatic carbocycles. The number of rotatable bonds is 1. The minimum Gasteiger partial charge on any atom is -0.254 e. The van der Waals surface area contributed by atoms with Gasteiger partial charge in [-0.1, -0.05) is 18.2 Å². The highest BCUT2D eigenvalue weighted by Gasteiger charge is 2.52. The summed E-state index contributed by atoms with van der Waals surface area (Å²) < 4.78 is 72.2. The van der Waals surface area contributed by atoms with Crippen molar-refractivity contribution in [1.82, 2.24) is 0 Å². The second kappa shape index (κ2) is 4.34. The third kappa shape index (κ3) is 2.07. The minimum absolute atomic E-state index is 0.000548. The molecule has 1 heterocycles. The predicted octanol–water partition coefficient (Wildman–Crippen LogP) is 2.17. The lowest BCUT2D eigenvalue weighted by Gasteiger charge is -2.25. The monoisotopic (exact) mass is 298 g/mol. The fourth-order valence-corrected chi connectivity index (χ4v) is 4.80. The lowest BCUT2D eigenvalue weighted by Crippen LogP contribution is -2.32. The standard InChI is InChI=1S/C10H9F3O3S2/c11-10(12,13)18(15,16)9-5-6-17(14)8-4-2-1-3-7(8)9/h1-4,9H,5-6H2. The lowest BCUT2D eigenvalue weighted by atomic mass is 10.1. The zero-order valence-electron chi connectivity index (χ0n) is 8.98. The molecule has 0 aliphatic carbocycles. The summed E-state index contributed by atoms with van der Waals surface area (Å²) in [5.41, 5.74) is -5.29. The van der Waals surface area contributed by atoms with Crippen molar-refractivity contribution in [3.05, 3.63) is 29.8 Å². The number of sulfone groups is 1. The average molecular weight is 298 g/mol. The van der Waals surface area contributed by atoms with Crippen LogP contribution in [0.3, 0.4) is 0 Å². The van der Waals surface area contributed by atoms with E-state index >= 15 is 0 Å². The Hall–Kier alpha value is -0.890. The summed E-state index contributed by atoms with van der Waals surface area (Å²) in [5, 5.41) is -1.65. The molecule has 2 rings (SSSR count). The summed E-state index contributed by atoms with van der Waals surface area (Å²) in [6.45, 7) is 0. The second-order valence-corrected chi connectivity index (χ2v) is 7.52. The zero-order chi connectivity index (χ0) is 13.6. The quantitative estimate of drug-likeness (QED) is 0.798. The van der Waals surface area contributed by atoms with E-state index in [0.29, 0.717) is 0 Å². The molecular weight excluding hydrogens is 289 g/mol. The van der Waals surface area contributed by atoms with Crippen LogP contribution in [-0.4, -0.2) is 23.9 Å². The fraction of sp³-hybridized carbons (Fsp3) is 0.400. The maximum Gasteiger partial charge on any atom is 0.498 e. The normalized spacial score (nSPS) is 24.6. The van der Waals surface area contributed by atoms with Crippen molar-refractivity contribution >= 4 is 20.6 Å².